The van der Waals surface area contributed by atoms with Gasteiger partial charge in [0, 0.05) is 18.3 Å². The number of unbranched alkanes of at least 4 members (excludes halogenated alkanes) is 2. The molecule has 78 valence electrons. The minimum absolute atomic E-state index is 0.300. The fraction of sp³-hybridized carbons (Fsp3) is 0.600. The highest BCUT2D eigenvalue weighted by atomic mass is 16.2. The molecule has 1 heterocycles. The van der Waals surface area contributed by atoms with Gasteiger partial charge in [0.1, 0.15) is 0 Å². The third-order valence-corrected chi connectivity index (χ3v) is 2.23. The molecule has 0 aromatic carbocycles. The van der Waals surface area contributed by atoms with Crippen molar-refractivity contribution in [3.8, 4) is 0 Å². The van der Waals surface area contributed by atoms with Crippen LogP contribution in [0.2, 0.25) is 0 Å². The van der Waals surface area contributed by atoms with E-state index < -0.39 is 0 Å². The molecule has 0 radical (unpaired) electrons. The lowest BCUT2D eigenvalue weighted by molar-refractivity contribution is 0.563. The summed E-state index contributed by atoms with van der Waals surface area (Å²) in [5.41, 5.74) is 0.111. The third kappa shape index (κ3) is 2.58. The van der Waals surface area contributed by atoms with Crippen LogP contribution in [0.3, 0.4) is 0 Å². The summed E-state index contributed by atoms with van der Waals surface area (Å²) in [6.45, 7) is 4.58. The number of aromatic amines is 1. The molecule has 0 fully saturated rings. The van der Waals surface area contributed by atoms with Crippen LogP contribution in [0.15, 0.2) is 15.7 Å². The molecule has 0 unspecified atom stereocenters. The highest BCUT2D eigenvalue weighted by Crippen LogP contribution is 1.97. The van der Waals surface area contributed by atoms with Crippen molar-refractivity contribution in [2.45, 2.75) is 39.7 Å². The molecule has 1 aromatic heterocycles. The SMILES string of the molecule is CCCCCn1c(C)cc(=O)[nH]c1=O. The minimum atomic E-state index is -0.320. The topological polar surface area (TPSA) is 54.9 Å². The second kappa shape index (κ2) is 4.79. The van der Waals surface area contributed by atoms with Crippen molar-refractivity contribution in [3.63, 3.8) is 0 Å². The van der Waals surface area contributed by atoms with Crippen LogP contribution in [0.25, 0.3) is 0 Å². The first-order valence-corrected chi connectivity index (χ1v) is 4.96. The molecule has 0 aliphatic heterocycles. The molecule has 0 saturated heterocycles. The standard InChI is InChI=1S/C10H16N2O2/c1-3-4-5-6-12-8(2)7-9(13)11-10(12)14/h7H,3-6H2,1-2H3,(H,11,13,14). The normalized spacial score (nSPS) is 10.4. The van der Waals surface area contributed by atoms with Crippen LogP contribution in [0, 0.1) is 6.92 Å². The number of H-pyrrole nitrogens is 1. The Kier molecular flexibility index (Phi) is 3.68. The molecular weight excluding hydrogens is 180 g/mol. The highest BCUT2D eigenvalue weighted by Gasteiger charge is 2.00. The zero-order valence-electron chi connectivity index (χ0n) is 8.67. The second-order valence-electron chi connectivity index (χ2n) is 3.44. The molecule has 0 bridgehead atoms. The molecule has 4 heteroatoms. The Balaban J connectivity index is 2.86. The van der Waals surface area contributed by atoms with Crippen LogP contribution >= 0.6 is 0 Å². The van der Waals surface area contributed by atoms with E-state index >= 15 is 0 Å². The molecule has 4 nitrogen and oxygen atoms in total. The van der Waals surface area contributed by atoms with Gasteiger partial charge in [-0.15, -0.1) is 0 Å². The van der Waals surface area contributed by atoms with Crippen molar-refractivity contribution in [1.82, 2.24) is 9.55 Å². The third-order valence-electron chi connectivity index (χ3n) is 2.23. The van der Waals surface area contributed by atoms with Crippen LogP contribution in [-0.2, 0) is 6.54 Å². The average molecular weight is 196 g/mol. The van der Waals surface area contributed by atoms with Crippen LogP contribution < -0.4 is 11.2 Å². The zero-order chi connectivity index (χ0) is 10.6. The minimum Gasteiger partial charge on any atom is -0.298 e. The Morgan fingerprint density at radius 3 is 2.64 bits per heavy atom. The van der Waals surface area contributed by atoms with Gasteiger partial charge in [-0.05, 0) is 13.3 Å². The second-order valence-corrected chi connectivity index (χ2v) is 3.44. The van der Waals surface area contributed by atoms with Gasteiger partial charge >= 0.3 is 5.69 Å². The average Bonchev–Trinajstić information content (AvgIpc) is 2.09. The van der Waals surface area contributed by atoms with Gasteiger partial charge in [0.25, 0.3) is 5.56 Å². The van der Waals surface area contributed by atoms with Crippen molar-refractivity contribution in [3.05, 3.63) is 32.6 Å². The molecule has 0 atom stereocenters. The van der Waals surface area contributed by atoms with E-state index in [1.807, 2.05) is 0 Å². The summed E-state index contributed by atoms with van der Waals surface area (Å²) in [4.78, 5) is 24.5. The summed E-state index contributed by atoms with van der Waals surface area (Å²) in [6.07, 6.45) is 3.20. The maximum atomic E-state index is 11.4. The van der Waals surface area contributed by atoms with E-state index in [4.69, 9.17) is 0 Å². The van der Waals surface area contributed by atoms with E-state index in [2.05, 4.69) is 11.9 Å². The Morgan fingerprint density at radius 1 is 1.36 bits per heavy atom. The lowest BCUT2D eigenvalue weighted by Gasteiger charge is -2.07. The zero-order valence-corrected chi connectivity index (χ0v) is 8.67. The maximum Gasteiger partial charge on any atom is 0.328 e. The highest BCUT2D eigenvalue weighted by molar-refractivity contribution is 4.98. The molecule has 1 rings (SSSR count). The van der Waals surface area contributed by atoms with Crippen LogP contribution in [-0.4, -0.2) is 9.55 Å². The first kappa shape index (κ1) is 10.8. The van der Waals surface area contributed by atoms with Crippen LogP contribution in [0.5, 0.6) is 0 Å². The molecule has 0 aliphatic rings. The maximum absolute atomic E-state index is 11.4. The fourth-order valence-corrected chi connectivity index (χ4v) is 1.43. The monoisotopic (exact) mass is 196 g/mol. The summed E-state index contributed by atoms with van der Waals surface area (Å²) in [5, 5.41) is 0. The van der Waals surface area contributed by atoms with Gasteiger partial charge in [-0.3, -0.25) is 14.3 Å². The lowest BCUT2D eigenvalue weighted by Crippen LogP contribution is -2.31. The Labute approximate surface area is 82.6 Å². The fourth-order valence-electron chi connectivity index (χ4n) is 1.43. The molecule has 1 aromatic rings. The first-order valence-electron chi connectivity index (χ1n) is 4.96. The lowest BCUT2D eigenvalue weighted by atomic mass is 10.2. The molecule has 1 N–H and O–H groups in total. The predicted molar refractivity (Wildman–Crippen MR) is 55.6 cm³/mol. The van der Waals surface area contributed by atoms with Crippen LogP contribution in [0.1, 0.15) is 31.9 Å². The van der Waals surface area contributed by atoms with Gasteiger partial charge in [-0.2, -0.15) is 0 Å². The molecule has 14 heavy (non-hydrogen) atoms. The summed E-state index contributed by atoms with van der Waals surface area (Å²) in [7, 11) is 0. The molecule has 0 amide bonds. The van der Waals surface area contributed by atoms with Gasteiger partial charge in [-0.25, -0.2) is 4.79 Å². The number of aromatic nitrogens is 2. The molecular formula is C10H16N2O2. The number of nitrogens with zero attached hydrogens (tertiary/aromatic N) is 1. The predicted octanol–water partition coefficient (Wildman–Crippen LogP) is 1.04. The van der Waals surface area contributed by atoms with Gasteiger partial charge in [0.2, 0.25) is 0 Å². The van der Waals surface area contributed by atoms with Crippen molar-refractivity contribution in [2.75, 3.05) is 0 Å². The summed E-state index contributed by atoms with van der Waals surface area (Å²) >= 11 is 0. The summed E-state index contributed by atoms with van der Waals surface area (Å²) in [6, 6.07) is 1.45. The number of hydrogen-bond acceptors (Lipinski definition) is 2. The van der Waals surface area contributed by atoms with E-state index in [-0.39, 0.29) is 11.2 Å². The van der Waals surface area contributed by atoms with Crippen molar-refractivity contribution < 1.29 is 0 Å². The summed E-state index contributed by atoms with van der Waals surface area (Å²) < 4.78 is 1.61. The van der Waals surface area contributed by atoms with Crippen LogP contribution in [0.4, 0.5) is 0 Å². The van der Waals surface area contributed by atoms with E-state index in [9.17, 15) is 9.59 Å². The smallest absolute Gasteiger partial charge is 0.298 e. The van der Waals surface area contributed by atoms with Crippen molar-refractivity contribution in [2.24, 2.45) is 0 Å². The largest absolute Gasteiger partial charge is 0.328 e. The van der Waals surface area contributed by atoms with Crippen molar-refractivity contribution in [1.29, 1.82) is 0 Å². The van der Waals surface area contributed by atoms with E-state index in [0.29, 0.717) is 6.54 Å². The van der Waals surface area contributed by atoms with Gasteiger partial charge in [0.05, 0.1) is 0 Å². The Hall–Kier alpha value is -1.32. The van der Waals surface area contributed by atoms with E-state index in [1.54, 1.807) is 11.5 Å². The first-order chi connectivity index (χ1) is 6.65. The van der Waals surface area contributed by atoms with Gasteiger partial charge in [-0.1, -0.05) is 19.8 Å². The van der Waals surface area contributed by atoms with Gasteiger partial charge in [0.15, 0.2) is 0 Å². The summed E-state index contributed by atoms with van der Waals surface area (Å²) in [5.74, 6) is 0. The number of hydrogen-bond donors (Lipinski definition) is 1. The van der Waals surface area contributed by atoms with Crippen molar-refractivity contribution >= 4 is 0 Å². The Bertz CT molecular complexity index is 403. The van der Waals surface area contributed by atoms with E-state index in [0.717, 1.165) is 25.0 Å². The molecule has 0 spiro atoms. The van der Waals surface area contributed by atoms with E-state index in [1.165, 1.54) is 6.07 Å². The molecule has 0 aliphatic carbocycles. The Morgan fingerprint density at radius 2 is 2.07 bits per heavy atom. The molecule has 0 saturated carbocycles. The van der Waals surface area contributed by atoms with Gasteiger partial charge < -0.3 is 0 Å². The number of aryl methyl sites for hydroxylation is 1. The number of rotatable bonds is 4. The quantitative estimate of drug-likeness (QED) is 0.731. The number of nitrogens with one attached hydrogen (secondary N) is 1.